The highest BCUT2D eigenvalue weighted by Gasteiger charge is 2.25. The zero-order valence-corrected chi connectivity index (χ0v) is 13.9. The molecular formula is C13H26N4O4S. The van der Waals surface area contributed by atoms with Crippen molar-refractivity contribution in [1.29, 1.82) is 0 Å². The zero-order valence-electron chi connectivity index (χ0n) is 13.0. The fourth-order valence-corrected chi connectivity index (χ4v) is 1.76. The molecule has 0 aliphatic rings. The number of amides is 2. The number of thiol groups is 1. The van der Waals surface area contributed by atoms with Crippen LogP contribution >= 0.6 is 12.6 Å². The lowest BCUT2D eigenvalue weighted by molar-refractivity contribution is -0.138. The first kappa shape index (κ1) is 20.7. The Kier molecular flexibility index (Phi) is 10.6. The molecule has 0 aliphatic carbocycles. The van der Waals surface area contributed by atoms with Gasteiger partial charge in [-0.3, -0.25) is 14.4 Å². The number of rotatable bonds is 11. The van der Waals surface area contributed by atoms with Gasteiger partial charge in [0.2, 0.25) is 11.8 Å². The summed E-state index contributed by atoms with van der Waals surface area (Å²) in [7, 11) is 0. The van der Waals surface area contributed by atoms with Gasteiger partial charge < -0.3 is 26.8 Å². The number of carboxylic acid groups (broad SMARTS) is 1. The topological polar surface area (TPSA) is 134 Å². The molecule has 0 aliphatic heterocycles. The van der Waals surface area contributed by atoms with Crippen LogP contribution in [0.2, 0.25) is 0 Å². The average Bonchev–Trinajstić information content (AvgIpc) is 2.49. The molecule has 0 aromatic rings. The maximum absolute atomic E-state index is 12.0. The number of nitrogens with two attached hydrogens (primary N) is 1. The Hall–Kier alpha value is -1.32. The lowest BCUT2D eigenvalue weighted by Crippen LogP contribution is -2.53. The molecule has 0 rings (SSSR count). The summed E-state index contributed by atoms with van der Waals surface area (Å²) in [6.07, 6.45) is 0.670. The summed E-state index contributed by atoms with van der Waals surface area (Å²) < 4.78 is 0. The van der Waals surface area contributed by atoms with Crippen molar-refractivity contribution < 1.29 is 19.5 Å². The number of aliphatic carboxylic acids is 1. The summed E-state index contributed by atoms with van der Waals surface area (Å²) in [5.74, 6) is -1.59. The standard InChI is InChI=1S/C13H26N4O4S/c1-3-8(2)12(13(21)16-6-11(19)20)17-10(18)5-15-4-9(14)7-22/h8-9,12,15,22H,3-7,14H2,1-2H3,(H,16,21)(H,17,18)(H,19,20). The molecule has 22 heavy (non-hydrogen) atoms. The largest absolute Gasteiger partial charge is 0.480 e. The number of nitrogens with one attached hydrogen (secondary N) is 3. The highest BCUT2D eigenvalue weighted by molar-refractivity contribution is 7.80. The van der Waals surface area contributed by atoms with Crippen molar-refractivity contribution >= 4 is 30.4 Å². The Bertz CT molecular complexity index is 381. The van der Waals surface area contributed by atoms with E-state index in [-0.39, 0.29) is 24.4 Å². The highest BCUT2D eigenvalue weighted by atomic mass is 32.1. The minimum Gasteiger partial charge on any atom is -0.480 e. The molecule has 0 radical (unpaired) electrons. The van der Waals surface area contributed by atoms with E-state index in [0.717, 1.165) is 0 Å². The highest BCUT2D eigenvalue weighted by Crippen LogP contribution is 2.07. The Balaban J connectivity index is 4.42. The second-order valence-electron chi connectivity index (χ2n) is 5.12. The number of hydrogen-bond acceptors (Lipinski definition) is 6. The van der Waals surface area contributed by atoms with Crippen molar-refractivity contribution in [3.05, 3.63) is 0 Å². The molecule has 0 saturated heterocycles. The van der Waals surface area contributed by atoms with Gasteiger partial charge in [-0.2, -0.15) is 12.6 Å². The molecule has 0 aromatic carbocycles. The number of carboxylic acids is 1. The summed E-state index contributed by atoms with van der Waals surface area (Å²) in [6, 6.07) is -0.919. The Morgan fingerprint density at radius 2 is 1.91 bits per heavy atom. The predicted molar refractivity (Wildman–Crippen MR) is 86.7 cm³/mol. The van der Waals surface area contributed by atoms with Crippen LogP contribution in [0.5, 0.6) is 0 Å². The normalized spacial score (nSPS) is 14.7. The van der Waals surface area contributed by atoms with Crippen LogP contribution in [0.15, 0.2) is 0 Å². The lowest BCUT2D eigenvalue weighted by Gasteiger charge is -2.23. The van der Waals surface area contributed by atoms with Gasteiger partial charge in [0.1, 0.15) is 12.6 Å². The van der Waals surface area contributed by atoms with Crippen LogP contribution in [0.1, 0.15) is 20.3 Å². The molecule has 2 amide bonds. The molecule has 8 nitrogen and oxygen atoms in total. The Morgan fingerprint density at radius 3 is 2.41 bits per heavy atom. The molecule has 0 saturated carbocycles. The summed E-state index contributed by atoms with van der Waals surface area (Å²) in [5.41, 5.74) is 5.66. The molecule has 0 aromatic heterocycles. The van der Waals surface area contributed by atoms with Crippen LogP contribution in [0.25, 0.3) is 0 Å². The Morgan fingerprint density at radius 1 is 1.27 bits per heavy atom. The summed E-state index contributed by atoms with van der Waals surface area (Å²) in [4.78, 5) is 34.3. The van der Waals surface area contributed by atoms with E-state index in [1.807, 2.05) is 13.8 Å². The minimum absolute atomic E-state index is 0.0284. The third kappa shape index (κ3) is 8.85. The van der Waals surface area contributed by atoms with Crippen molar-refractivity contribution in [3.63, 3.8) is 0 Å². The summed E-state index contributed by atoms with van der Waals surface area (Å²) in [5, 5.41) is 16.4. The van der Waals surface area contributed by atoms with Gasteiger partial charge in [0.05, 0.1) is 6.54 Å². The fraction of sp³-hybridized carbons (Fsp3) is 0.769. The fourth-order valence-electron chi connectivity index (χ4n) is 1.63. The molecule has 3 atom stereocenters. The van der Waals surface area contributed by atoms with Gasteiger partial charge in [0.15, 0.2) is 0 Å². The van der Waals surface area contributed by atoms with Crippen molar-refractivity contribution in [2.24, 2.45) is 11.7 Å². The zero-order chi connectivity index (χ0) is 17.1. The van der Waals surface area contributed by atoms with Gasteiger partial charge in [-0.1, -0.05) is 20.3 Å². The summed E-state index contributed by atoms with van der Waals surface area (Å²) in [6.45, 7) is 3.70. The van der Waals surface area contributed by atoms with Crippen LogP contribution in [0.4, 0.5) is 0 Å². The molecule has 0 spiro atoms. The van der Waals surface area contributed by atoms with Crippen LogP contribution in [-0.2, 0) is 14.4 Å². The maximum Gasteiger partial charge on any atom is 0.322 e. The van der Waals surface area contributed by atoms with E-state index < -0.39 is 24.5 Å². The van der Waals surface area contributed by atoms with Crippen LogP contribution in [-0.4, -0.2) is 60.4 Å². The van der Waals surface area contributed by atoms with E-state index in [0.29, 0.717) is 18.7 Å². The first-order chi connectivity index (χ1) is 10.3. The quantitative estimate of drug-likeness (QED) is 0.257. The molecule has 0 heterocycles. The second kappa shape index (κ2) is 11.3. The SMILES string of the molecule is CCC(C)C(NC(=O)CNCC(N)CS)C(=O)NCC(=O)O. The lowest BCUT2D eigenvalue weighted by atomic mass is 9.98. The van der Waals surface area contributed by atoms with E-state index in [9.17, 15) is 14.4 Å². The van der Waals surface area contributed by atoms with Crippen LogP contribution in [0.3, 0.4) is 0 Å². The van der Waals surface area contributed by atoms with Gasteiger partial charge in [-0.15, -0.1) is 0 Å². The van der Waals surface area contributed by atoms with Gasteiger partial charge in [-0.25, -0.2) is 0 Å². The van der Waals surface area contributed by atoms with Gasteiger partial charge in [0.25, 0.3) is 0 Å². The first-order valence-corrected chi connectivity index (χ1v) is 7.81. The van der Waals surface area contributed by atoms with E-state index in [1.165, 1.54) is 0 Å². The molecule has 6 N–H and O–H groups in total. The van der Waals surface area contributed by atoms with E-state index in [2.05, 4.69) is 28.6 Å². The van der Waals surface area contributed by atoms with E-state index >= 15 is 0 Å². The van der Waals surface area contributed by atoms with E-state index in [1.54, 1.807) is 0 Å². The van der Waals surface area contributed by atoms with E-state index in [4.69, 9.17) is 10.8 Å². The van der Waals surface area contributed by atoms with Crippen LogP contribution in [0, 0.1) is 5.92 Å². The third-order valence-electron chi connectivity index (χ3n) is 3.15. The molecular weight excluding hydrogens is 308 g/mol. The predicted octanol–water partition coefficient (Wildman–Crippen LogP) is -1.44. The van der Waals surface area contributed by atoms with Crippen molar-refractivity contribution in [2.75, 3.05) is 25.4 Å². The first-order valence-electron chi connectivity index (χ1n) is 7.17. The van der Waals surface area contributed by atoms with Gasteiger partial charge >= 0.3 is 5.97 Å². The Labute approximate surface area is 136 Å². The number of carbonyl (C=O) groups excluding carboxylic acids is 2. The monoisotopic (exact) mass is 334 g/mol. The number of carbonyl (C=O) groups is 3. The molecule has 128 valence electrons. The second-order valence-corrected chi connectivity index (χ2v) is 5.48. The van der Waals surface area contributed by atoms with Crippen molar-refractivity contribution in [3.8, 4) is 0 Å². The molecule has 3 unspecified atom stereocenters. The van der Waals surface area contributed by atoms with Gasteiger partial charge in [0, 0.05) is 18.3 Å². The third-order valence-corrected chi connectivity index (χ3v) is 3.62. The van der Waals surface area contributed by atoms with Crippen LogP contribution < -0.4 is 21.7 Å². The number of hydrogen-bond donors (Lipinski definition) is 6. The summed E-state index contributed by atoms with van der Waals surface area (Å²) >= 11 is 4.04. The van der Waals surface area contributed by atoms with Crippen molar-refractivity contribution in [2.45, 2.75) is 32.4 Å². The minimum atomic E-state index is -1.13. The molecule has 0 bridgehead atoms. The maximum atomic E-state index is 12.0. The van der Waals surface area contributed by atoms with Gasteiger partial charge in [-0.05, 0) is 5.92 Å². The molecule has 9 heteroatoms. The average molecular weight is 334 g/mol. The smallest absolute Gasteiger partial charge is 0.322 e. The molecule has 0 fully saturated rings. The van der Waals surface area contributed by atoms with Crippen molar-refractivity contribution in [1.82, 2.24) is 16.0 Å².